The van der Waals surface area contributed by atoms with E-state index in [0.29, 0.717) is 22.0 Å². The molecule has 110 valence electrons. The minimum absolute atomic E-state index is 0.281. The summed E-state index contributed by atoms with van der Waals surface area (Å²) in [6.45, 7) is 0.365. The summed E-state index contributed by atoms with van der Waals surface area (Å²) in [6, 6.07) is 8.06. The summed E-state index contributed by atoms with van der Waals surface area (Å²) < 4.78 is 41.6. The molecular weight excluding hydrogens is 309 g/mol. The summed E-state index contributed by atoms with van der Waals surface area (Å²) in [5, 5.41) is 1.74. The van der Waals surface area contributed by atoms with E-state index in [9.17, 15) is 12.8 Å². The zero-order valence-electron chi connectivity index (χ0n) is 11.3. The highest BCUT2D eigenvalue weighted by Gasteiger charge is 2.51. The van der Waals surface area contributed by atoms with Gasteiger partial charge < -0.3 is 0 Å². The molecule has 2 aliphatic rings. The van der Waals surface area contributed by atoms with Crippen LogP contribution in [0.3, 0.4) is 0 Å². The first kappa shape index (κ1) is 13.3. The average Bonchev–Trinajstić information content (AvgIpc) is 3.04. The van der Waals surface area contributed by atoms with Crippen molar-refractivity contribution in [2.45, 2.75) is 28.9 Å². The maximum Gasteiger partial charge on any atom is 0.273 e. The van der Waals surface area contributed by atoms with E-state index in [1.165, 1.54) is 21.7 Å². The topological polar surface area (TPSA) is 37.4 Å². The number of anilines is 1. The standard InChI is InChI=1S/C15H14FNO2S2/c16-11-4-1-5-12-14(11)15(7-3-8-15)10-17(12)21(18,19)13-6-2-9-20-13/h1-2,4-6,9H,3,7-8,10H2. The molecule has 1 saturated carbocycles. The Kier molecular flexibility index (Phi) is 2.72. The van der Waals surface area contributed by atoms with Crippen molar-refractivity contribution in [3.8, 4) is 0 Å². The van der Waals surface area contributed by atoms with Crippen LogP contribution in [0.25, 0.3) is 0 Å². The molecule has 6 heteroatoms. The van der Waals surface area contributed by atoms with Gasteiger partial charge in [0.15, 0.2) is 0 Å². The number of hydrogen-bond acceptors (Lipinski definition) is 3. The highest BCUT2D eigenvalue weighted by molar-refractivity contribution is 7.94. The van der Waals surface area contributed by atoms with Crippen molar-refractivity contribution in [1.82, 2.24) is 0 Å². The summed E-state index contributed by atoms with van der Waals surface area (Å²) in [5.41, 5.74) is 0.796. The molecule has 1 aliphatic heterocycles. The lowest BCUT2D eigenvalue weighted by molar-refractivity contribution is 0.260. The molecule has 0 saturated heterocycles. The van der Waals surface area contributed by atoms with E-state index < -0.39 is 10.0 Å². The molecule has 1 spiro atoms. The van der Waals surface area contributed by atoms with Crippen LogP contribution in [-0.2, 0) is 15.4 Å². The smallest absolute Gasteiger partial charge is 0.264 e. The molecule has 1 fully saturated rings. The number of nitrogens with zero attached hydrogens (tertiary/aromatic N) is 1. The van der Waals surface area contributed by atoms with Gasteiger partial charge in [0.2, 0.25) is 0 Å². The van der Waals surface area contributed by atoms with E-state index in [4.69, 9.17) is 0 Å². The Labute approximate surface area is 127 Å². The minimum Gasteiger partial charge on any atom is -0.264 e. The van der Waals surface area contributed by atoms with Gasteiger partial charge in [0, 0.05) is 17.5 Å². The van der Waals surface area contributed by atoms with Gasteiger partial charge in [-0.3, -0.25) is 4.31 Å². The van der Waals surface area contributed by atoms with Crippen LogP contribution in [0.2, 0.25) is 0 Å². The molecule has 2 heterocycles. The van der Waals surface area contributed by atoms with Crippen LogP contribution < -0.4 is 4.31 Å². The van der Waals surface area contributed by atoms with Crippen molar-refractivity contribution in [3.63, 3.8) is 0 Å². The normalized spacial score (nSPS) is 19.6. The van der Waals surface area contributed by atoms with Gasteiger partial charge in [-0.25, -0.2) is 12.8 Å². The number of rotatable bonds is 2. The molecule has 0 amide bonds. The molecule has 3 nitrogen and oxygen atoms in total. The molecule has 0 unspecified atom stereocenters. The lowest BCUT2D eigenvalue weighted by atomic mass is 9.65. The number of fused-ring (bicyclic) bond motifs is 2. The lowest BCUT2D eigenvalue weighted by Crippen LogP contribution is -2.41. The summed E-state index contributed by atoms with van der Waals surface area (Å²) >= 11 is 1.20. The summed E-state index contributed by atoms with van der Waals surface area (Å²) in [5.74, 6) is -0.281. The van der Waals surface area contributed by atoms with Crippen LogP contribution in [0.5, 0.6) is 0 Å². The Balaban J connectivity index is 1.89. The molecule has 4 rings (SSSR count). The predicted octanol–water partition coefficient (Wildman–Crippen LogP) is 3.52. The molecule has 0 bridgehead atoms. The monoisotopic (exact) mass is 323 g/mol. The van der Waals surface area contributed by atoms with E-state index in [1.54, 1.807) is 29.6 Å². The Morgan fingerprint density at radius 1 is 1.19 bits per heavy atom. The number of benzene rings is 1. The van der Waals surface area contributed by atoms with Crippen molar-refractivity contribution in [1.29, 1.82) is 0 Å². The lowest BCUT2D eigenvalue weighted by Gasteiger charge is -2.38. The average molecular weight is 323 g/mol. The van der Waals surface area contributed by atoms with Gasteiger partial charge in [-0.1, -0.05) is 18.6 Å². The summed E-state index contributed by atoms with van der Waals surface area (Å²) in [4.78, 5) is 0. The molecule has 1 aliphatic carbocycles. The quantitative estimate of drug-likeness (QED) is 0.848. The van der Waals surface area contributed by atoms with E-state index in [2.05, 4.69) is 0 Å². The zero-order valence-corrected chi connectivity index (χ0v) is 12.9. The first-order valence-electron chi connectivity index (χ1n) is 6.90. The van der Waals surface area contributed by atoms with Crippen LogP contribution in [-0.4, -0.2) is 15.0 Å². The second-order valence-corrected chi connectivity index (χ2v) is 8.75. The number of sulfonamides is 1. The van der Waals surface area contributed by atoms with Gasteiger partial charge in [-0.15, -0.1) is 11.3 Å². The fourth-order valence-corrected chi connectivity index (χ4v) is 6.10. The van der Waals surface area contributed by atoms with Gasteiger partial charge in [-0.05, 0) is 36.4 Å². The first-order chi connectivity index (χ1) is 10.0. The predicted molar refractivity (Wildman–Crippen MR) is 80.8 cm³/mol. The molecule has 21 heavy (non-hydrogen) atoms. The SMILES string of the molecule is O=S(=O)(c1cccs1)N1CC2(CCC2)c2c(F)cccc21. The zero-order chi connectivity index (χ0) is 14.7. The fourth-order valence-electron chi connectivity index (χ4n) is 3.43. The maximum atomic E-state index is 14.3. The number of thiophene rings is 1. The van der Waals surface area contributed by atoms with E-state index in [-0.39, 0.29) is 11.2 Å². The van der Waals surface area contributed by atoms with E-state index in [1.807, 2.05) is 0 Å². The van der Waals surface area contributed by atoms with E-state index in [0.717, 1.165) is 19.3 Å². The minimum atomic E-state index is -3.59. The van der Waals surface area contributed by atoms with Crippen molar-refractivity contribution >= 4 is 27.0 Å². The van der Waals surface area contributed by atoms with Crippen molar-refractivity contribution in [2.75, 3.05) is 10.8 Å². The van der Waals surface area contributed by atoms with Crippen LogP contribution in [0.15, 0.2) is 39.9 Å². The van der Waals surface area contributed by atoms with Gasteiger partial charge in [0.25, 0.3) is 10.0 Å². The molecular formula is C15H14FNO2S2. The second kappa shape index (κ2) is 4.30. The van der Waals surface area contributed by atoms with E-state index >= 15 is 0 Å². The molecule has 1 aromatic heterocycles. The number of halogens is 1. The maximum absolute atomic E-state index is 14.3. The third kappa shape index (κ3) is 1.72. The summed E-state index contributed by atoms with van der Waals surface area (Å²) in [6.07, 6.45) is 2.75. The third-order valence-electron chi connectivity index (χ3n) is 4.59. The fraction of sp³-hybridized carbons (Fsp3) is 0.333. The van der Waals surface area contributed by atoms with Gasteiger partial charge >= 0.3 is 0 Å². The summed E-state index contributed by atoms with van der Waals surface area (Å²) in [7, 11) is -3.59. The van der Waals surface area contributed by atoms with Gasteiger partial charge in [0.05, 0.1) is 5.69 Å². The van der Waals surface area contributed by atoms with Crippen LogP contribution in [0.1, 0.15) is 24.8 Å². The third-order valence-corrected chi connectivity index (χ3v) is 7.72. The second-order valence-electron chi connectivity index (χ2n) is 5.71. The largest absolute Gasteiger partial charge is 0.273 e. The highest BCUT2D eigenvalue weighted by atomic mass is 32.2. The van der Waals surface area contributed by atoms with Crippen molar-refractivity contribution in [2.24, 2.45) is 0 Å². The number of hydrogen-bond donors (Lipinski definition) is 0. The van der Waals surface area contributed by atoms with Crippen molar-refractivity contribution in [3.05, 3.63) is 47.1 Å². The van der Waals surface area contributed by atoms with Gasteiger partial charge in [0.1, 0.15) is 10.0 Å². The Morgan fingerprint density at radius 2 is 2.00 bits per heavy atom. The Morgan fingerprint density at radius 3 is 2.62 bits per heavy atom. The molecule has 2 aromatic rings. The van der Waals surface area contributed by atoms with Crippen LogP contribution in [0.4, 0.5) is 10.1 Å². The Hall–Kier alpha value is -1.40. The highest BCUT2D eigenvalue weighted by Crippen LogP contribution is 2.54. The molecule has 0 N–H and O–H groups in total. The van der Waals surface area contributed by atoms with Gasteiger partial charge in [-0.2, -0.15) is 0 Å². The molecule has 0 atom stereocenters. The van der Waals surface area contributed by atoms with Crippen LogP contribution in [0, 0.1) is 5.82 Å². The Bertz CT molecular complexity index is 795. The molecule has 0 radical (unpaired) electrons. The van der Waals surface area contributed by atoms with Crippen LogP contribution >= 0.6 is 11.3 Å². The van der Waals surface area contributed by atoms with Crippen molar-refractivity contribution < 1.29 is 12.8 Å². The molecule has 1 aromatic carbocycles. The first-order valence-corrected chi connectivity index (χ1v) is 9.22.